The molecule has 1 aliphatic rings. The Morgan fingerprint density at radius 3 is 2.67 bits per heavy atom. The molecule has 7 heteroatoms. The van der Waals surface area contributed by atoms with E-state index in [0.29, 0.717) is 0 Å². The van der Waals surface area contributed by atoms with Crippen LogP contribution in [0.3, 0.4) is 0 Å². The fraction of sp³-hybridized carbons (Fsp3) is 0.273. The summed E-state index contributed by atoms with van der Waals surface area (Å²) in [5, 5.41) is 2.09. The number of benzene rings is 1. The largest absolute Gasteiger partial charge is 0.328 e. The number of nitrogens with one attached hydrogen (secondary N) is 1. The van der Waals surface area contributed by atoms with Crippen molar-refractivity contribution in [3.8, 4) is 0 Å². The van der Waals surface area contributed by atoms with Crippen LogP contribution in [0.2, 0.25) is 0 Å². The van der Waals surface area contributed by atoms with Gasteiger partial charge in [-0.2, -0.15) is 0 Å². The fourth-order valence-electron chi connectivity index (χ4n) is 1.66. The predicted molar refractivity (Wildman–Crippen MR) is 64.1 cm³/mol. The van der Waals surface area contributed by atoms with E-state index in [-0.39, 0.29) is 16.7 Å². The number of nitrogens with zero attached hydrogens (tertiary/aromatic N) is 1. The summed E-state index contributed by atoms with van der Waals surface area (Å²) in [6.45, 7) is 1.62. The number of anilines is 1. The SMILES string of the molecule is CC1CN(c2cc(F)c(Br)cc2F)C(=O)NC1=O. The second-order valence-electron chi connectivity index (χ2n) is 4.02. The Labute approximate surface area is 110 Å². The van der Waals surface area contributed by atoms with Gasteiger partial charge in [0.15, 0.2) is 0 Å². The zero-order valence-electron chi connectivity index (χ0n) is 9.34. The third-order valence-electron chi connectivity index (χ3n) is 2.66. The second-order valence-corrected chi connectivity index (χ2v) is 4.88. The smallest absolute Gasteiger partial charge is 0.290 e. The van der Waals surface area contributed by atoms with E-state index in [1.165, 1.54) is 0 Å². The zero-order valence-corrected chi connectivity index (χ0v) is 10.9. The van der Waals surface area contributed by atoms with Gasteiger partial charge in [0.25, 0.3) is 0 Å². The van der Waals surface area contributed by atoms with Crippen LogP contribution in [0.1, 0.15) is 6.92 Å². The number of hydrogen-bond acceptors (Lipinski definition) is 2. The average Bonchev–Trinajstić information content (AvgIpc) is 2.29. The third kappa shape index (κ3) is 2.22. The highest BCUT2D eigenvalue weighted by Crippen LogP contribution is 2.28. The Bertz CT molecular complexity index is 536. The molecule has 0 spiro atoms. The van der Waals surface area contributed by atoms with Gasteiger partial charge in [0.2, 0.25) is 5.91 Å². The normalized spacial score (nSPS) is 20.0. The number of urea groups is 1. The minimum atomic E-state index is -0.751. The fourth-order valence-corrected chi connectivity index (χ4v) is 1.98. The molecule has 18 heavy (non-hydrogen) atoms. The molecule has 0 saturated carbocycles. The molecule has 1 atom stereocenters. The first-order chi connectivity index (χ1) is 8.40. The van der Waals surface area contributed by atoms with Crippen LogP contribution in [0.5, 0.6) is 0 Å². The summed E-state index contributed by atoms with van der Waals surface area (Å²) in [5.74, 6) is -2.31. The molecule has 1 heterocycles. The van der Waals surface area contributed by atoms with E-state index in [0.717, 1.165) is 17.0 Å². The Morgan fingerprint density at radius 1 is 1.33 bits per heavy atom. The van der Waals surface area contributed by atoms with Crippen LogP contribution >= 0.6 is 15.9 Å². The highest BCUT2D eigenvalue weighted by molar-refractivity contribution is 9.10. The van der Waals surface area contributed by atoms with Gasteiger partial charge in [-0.1, -0.05) is 6.92 Å². The maximum Gasteiger partial charge on any atom is 0.328 e. The Morgan fingerprint density at radius 2 is 2.00 bits per heavy atom. The van der Waals surface area contributed by atoms with E-state index in [9.17, 15) is 18.4 Å². The molecule has 1 aliphatic heterocycles. The van der Waals surface area contributed by atoms with Gasteiger partial charge in [0.1, 0.15) is 11.6 Å². The van der Waals surface area contributed by atoms with Crippen LogP contribution in [0, 0.1) is 17.6 Å². The highest BCUT2D eigenvalue weighted by atomic mass is 79.9. The van der Waals surface area contributed by atoms with Crippen LogP contribution in [0.25, 0.3) is 0 Å². The van der Waals surface area contributed by atoms with Crippen LogP contribution in [-0.4, -0.2) is 18.5 Å². The van der Waals surface area contributed by atoms with Gasteiger partial charge < -0.3 is 0 Å². The van der Waals surface area contributed by atoms with Crippen LogP contribution < -0.4 is 10.2 Å². The van der Waals surface area contributed by atoms with E-state index in [4.69, 9.17) is 0 Å². The van der Waals surface area contributed by atoms with Crippen molar-refractivity contribution in [2.45, 2.75) is 6.92 Å². The lowest BCUT2D eigenvalue weighted by atomic mass is 10.1. The number of carbonyl (C=O) groups is 2. The first-order valence-corrected chi connectivity index (χ1v) is 5.96. The van der Waals surface area contributed by atoms with Crippen molar-refractivity contribution in [3.05, 3.63) is 28.2 Å². The summed E-state index contributed by atoms with van der Waals surface area (Å²) in [6.07, 6.45) is 0. The van der Waals surface area contributed by atoms with Crippen LogP contribution in [0.15, 0.2) is 16.6 Å². The van der Waals surface area contributed by atoms with Crippen molar-refractivity contribution in [2.24, 2.45) is 5.92 Å². The monoisotopic (exact) mass is 318 g/mol. The number of amides is 3. The van der Waals surface area contributed by atoms with E-state index in [1.807, 2.05) is 0 Å². The maximum atomic E-state index is 13.7. The number of rotatable bonds is 1. The molecular weight excluding hydrogens is 310 g/mol. The molecule has 96 valence electrons. The summed E-state index contributed by atoms with van der Waals surface area (Å²) in [4.78, 5) is 23.9. The molecule has 1 N–H and O–H groups in total. The predicted octanol–water partition coefficient (Wildman–Crippen LogP) is 2.42. The number of hydrogen-bond donors (Lipinski definition) is 1. The molecule has 0 bridgehead atoms. The lowest BCUT2D eigenvalue weighted by Gasteiger charge is -2.30. The molecule has 0 radical (unpaired) electrons. The number of carbonyl (C=O) groups excluding carboxylic acids is 2. The molecule has 0 aliphatic carbocycles. The Kier molecular flexibility index (Phi) is 3.34. The molecule has 1 saturated heterocycles. The van der Waals surface area contributed by atoms with Gasteiger partial charge in [0.05, 0.1) is 16.1 Å². The third-order valence-corrected chi connectivity index (χ3v) is 3.27. The molecule has 3 amide bonds. The summed E-state index contributed by atoms with van der Waals surface area (Å²) in [5.41, 5.74) is -0.187. The van der Waals surface area contributed by atoms with Gasteiger partial charge in [-0.15, -0.1) is 0 Å². The zero-order chi connectivity index (χ0) is 13.4. The summed E-state index contributed by atoms with van der Waals surface area (Å²) >= 11 is 2.85. The van der Waals surface area contributed by atoms with Crippen molar-refractivity contribution in [1.29, 1.82) is 0 Å². The number of halogens is 3. The van der Waals surface area contributed by atoms with Gasteiger partial charge in [-0.25, -0.2) is 13.6 Å². The van der Waals surface area contributed by atoms with E-state index < -0.39 is 29.5 Å². The van der Waals surface area contributed by atoms with Crippen LogP contribution in [0.4, 0.5) is 19.3 Å². The first-order valence-electron chi connectivity index (χ1n) is 5.17. The van der Waals surface area contributed by atoms with Gasteiger partial charge in [-0.3, -0.25) is 15.0 Å². The quantitative estimate of drug-likeness (QED) is 0.808. The summed E-state index contributed by atoms with van der Waals surface area (Å²) in [7, 11) is 0. The number of imide groups is 1. The van der Waals surface area contributed by atoms with E-state index >= 15 is 0 Å². The molecule has 2 rings (SSSR count). The van der Waals surface area contributed by atoms with Gasteiger partial charge in [0, 0.05) is 12.6 Å². The standard InChI is InChI=1S/C11H9BrF2N2O2/c1-5-4-16(11(18)15-10(5)17)9-3-7(13)6(12)2-8(9)14/h2-3,5H,4H2,1H3,(H,15,17,18). The van der Waals surface area contributed by atoms with Crippen molar-refractivity contribution in [1.82, 2.24) is 5.32 Å². The van der Waals surface area contributed by atoms with Gasteiger partial charge >= 0.3 is 6.03 Å². The van der Waals surface area contributed by atoms with Crippen molar-refractivity contribution < 1.29 is 18.4 Å². The average molecular weight is 319 g/mol. The van der Waals surface area contributed by atoms with Crippen molar-refractivity contribution in [3.63, 3.8) is 0 Å². The minimum Gasteiger partial charge on any atom is -0.290 e. The molecular formula is C11H9BrF2N2O2. The molecule has 1 aromatic carbocycles. The highest BCUT2D eigenvalue weighted by Gasteiger charge is 2.31. The molecule has 1 aromatic rings. The molecule has 1 fully saturated rings. The maximum absolute atomic E-state index is 13.7. The summed E-state index contributed by atoms with van der Waals surface area (Å²) < 4.78 is 27.1. The molecule has 1 unspecified atom stereocenters. The van der Waals surface area contributed by atoms with Crippen LogP contribution in [-0.2, 0) is 4.79 Å². The lowest BCUT2D eigenvalue weighted by Crippen LogP contribution is -2.54. The minimum absolute atomic E-state index is 0.0165. The second kappa shape index (κ2) is 4.64. The first kappa shape index (κ1) is 12.9. The molecule has 4 nitrogen and oxygen atoms in total. The van der Waals surface area contributed by atoms with E-state index in [1.54, 1.807) is 6.92 Å². The van der Waals surface area contributed by atoms with Crippen molar-refractivity contribution >= 4 is 33.6 Å². The molecule has 0 aromatic heterocycles. The van der Waals surface area contributed by atoms with E-state index in [2.05, 4.69) is 21.2 Å². The summed E-state index contributed by atoms with van der Waals surface area (Å²) in [6, 6.07) is 1.11. The topological polar surface area (TPSA) is 49.4 Å². The Balaban J connectivity index is 2.39. The van der Waals surface area contributed by atoms with Crippen molar-refractivity contribution in [2.75, 3.05) is 11.4 Å². The Hall–Kier alpha value is -1.50. The lowest BCUT2D eigenvalue weighted by molar-refractivity contribution is -0.123. The van der Waals surface area contributed by atoms with Gasteiger partial charge in [-0.05, 0) is 22.0 Å².